The van der Waals surface area contributed by atoms with Gasteiger partial charge in [0, 0.05) is 26.2 Å². The lowest BCUT2D eigenvalue weighted by molar-refractivity contribution is -0.384. The monoisotopic (exact) mass is 321 g/mol. The quantitative estimate of drug-likeness (QED) is 0.474. The number of anilines is 1. The molecule has 1 heterocycles. The molecule has 1 saturated heterocycles. The number of piperazine rings is 1. The molecular weight excluding hydrogens is 310 g/mol. The summed E-state index contributed by atoms with van der Waals surface area (Å²) in [6, 6.07) is 2.99. The molecule has 1 amide bonds. The standard InChI is InChI=1S/C12H11F4N3O3/c13-8-1-2-9(10(7-8)19(21)22)17-3-5-18(6-4-17)11(20)12(14,15)16/h1-2,7H,3-6H2. The number of carbonyl (C=O) groups is 1. The number of amides is 1. The van der Waals surface area contributed by atoms with Crippen molar-refractivity contribution in [1.82, 2.24) is 4.90 Å². The highest BCUT2D eigenvalue weighted by Crippen LogP contribution is 2.30. The minimum absolute atomic E-state index is 0.00566. The normalized spacial score (nSPS) is 15.8. The van der Waals surface area contributed by atoms with Crippen molar-refractivity contribution in [3.05, 3.63) is 34.1 Å². The van der Waals surface area contributed by atoms with Gasteiger partial charge >= 0.3 is 12.1 Å². The van der Waals surface area contributed by atoms with Crippen LogP contribution in [0.25, 0.3) is 0 Å². The minimum Gasteiger partial charge on any atom is -0.362 e. The van der Waals surface area contributed by atoms with Gasteiger partial charge in [-0.1, -0.05) is 0 Å². The molecule has 1 aliphatic heterocycles. The van der Waals surface area contributed by atoms with Crippen LogP contribution in [0.4, 0.5) is 28.9 Å². The maximum atomic E-state index is 13.1. The summed E-state index contributed by atoms with van der Waals surface area (Å²) >= 11 is 0. The summed E-state index contributed by atoms with van der Waals surface area (Å²) in [5, 5.41) is 10.9. The van der Waals surface area contributed by atoms with Crippen molar-refractivity contribution in [2.24, 2.45) is 0 Å². The fourth-order valence-corrected chi connectivity index (χ4v) is 2.24. The van der Waals surface area contributed by atoms with E-state index in [1.807, 2.05) is 0 Å². The topological polar surface area (TPSA) is 66.7 Å². The minimum atomic E-state index is -4.94. The van der Waals surface area contributed by atoms with Crippen molar-refractivity contribution < 1.29 is 27.3 Å². The fourth-order valence-electron chi connectivity index (χ4n) is 2.24. The first-order valence-electron chi connectivity index (χ1n) is 6.25. The van der Waals surface area contributed by atoms with Crippen LogP contribution in [-0.4, -0.2) is 48.1 Å². The van der Waals surface area contributed by atoms with E-state index >= 15 is 0 Å². The highest BCUT2D eigenvalue weighted by atomic mass is 19.4. The molecule has 0 saturated carbocycles. The third-order valence-corrected chi connectivity index (χ3v) is 3.28. The Morgan fingerprint density at radius 3 is 2.27 bits per heavy atom. The van der Waals surface area contributed by atoms with Crippen LogP contribution in [0.5, 0.6) is 0 Å². The Morgan fingerprint density at radius 2 is 1.77 bits per heavy atom. The molecule has 120 valence electrons. The van der Waals surface area contributed by atoms with Gasteiger partial charge in [-0.15, -0.1) is 0 Å². The number of nitro groups is 1. The zero-order valence-electron chi connectivity index (χ0n) is 11.1. The Hall–Kier alpha value is -2.39. The van der Waals surface area contributed by atoms with Crippen LogP contribution in [0.2, 0.25) is 0 Å². The first-order valence-corrected chi connectivity index (χ1v) is 6.25. The second-order valence-electron chi connectivity index (χ2n) is 4.67. The van der Waals surface area contributed by atoms with Crippen LogP contribution < -0.4 is 4.90 Å². The van der Waals surface area contributed by atoms with E-state index in [2.05, 4.69) is 0 Å². The zero-order chi connectivity index (χ0) is 16.5. The molecule has 0 aliphatic carbocycles. The number of nitro benzene ring substituents is 1. The summed E-state index contributed by atoms with van der Waals surface area (Å²) in [7, 11) is 0. The Balaban J connectivity index is 2.13. The molecule has 1 aromatic carbocycles. The third kappa shape index (κ3) is 3.26. The first kappa shape index (κ1) is 16.0. The first-order chi connectivity index (χ1) is 10.2. The van der Waals surface area contributed by atoms with E-state index in [1.165, 1.54) is 11.0 Å². The Bertz CT molecular complexity index is 598. The molecule has 0 aromatic heterocycles. The lowest BCUT2D eigenvalue weighted by Crippen LogP contribution is -2.52. The van der Waals surface area contributed by atoms with Gasteiger partial charge in [-0.25, -0.2) is 4.39 Å². The average Bonchev–Trinajstić information content (AvgIpc) is 2.45. The number of hydrogen-bond acceptors (Lipinski definition) is 4. The molecule has 2 rings (SSSR count). The highest BCUT2D eigenvalue weighted by Gasteiger charge is 2.43. The molecule has 0 atom stereocenters. The van der Waals surface area contributed by atoms with E-state index in [9.17, 15) is 32.5 Å². The van der Waals surface area contributed by atoms with Crippen molar-refractivity contribution >= 4 is 17.3 Å². The number of carbonyl (C=O) groups excluding carboxylic acids is 1. The summed E-state index contributed by atoms with van der Waals surface area (Å²) in [5.74, 6) is -2.71. The molecule has 0 unspecified atom stereocenters. The van der Waals surface area contributed by atoms with Crippen LogP contribution in [0.3, 0.4) is 0 Å². The van der Waals surface area contributed by atoms with Gasteiger partial charge in [-0.05, 0) is 12.1 Å². The summed E-state index contributed by atoms with van der Waals surface area (Å²) in [6.07, 6.45) is -4.94. The maximum absolute atomic E-state index is 13.1. The summed E-state index contributed by atoms with van der Waals surface area (Å²) in [4.78, 5) is 23.4. The van der Waals surface area contributed by atoms with Gasteiger partial charge in [0.15, 0.2) is 0 Å². The van der Waals surface area contributed by atoms with Crippen molar-refractivity contribution in [3.8, 4) is 0 Å². The van der Waals surface area contributed by atoms with E-state index in [-0.39, 0.29) is 31.9 Å². The molecule has 1 fully saturated rings. The molecule has 22 heavy (non-hydrogen) atoms. The average molecular weight is 321 g/mol. The Labute approximate surface area is 122 Å². The molecule has 1 aromatic rings. The number of alkyl halides is 3. The predicted octanol–water partition coefficient (Wildman–Crippen LogP) is 1.94. The number of halogens is 4. The summed E-state index contributed by atoms with van der Waals surface area (Å²) < 4.78 is 50.1. The van der Waals surface area contributed by atoms with E-state index < -0.39 is 28.5 Å². The second kappa shape index (κ2) is 5.78. The van der Waals surface area contributed by atoms with Crippen LogP contribution in [0, 0.1) is 15.9 Å². The lowest BCUT2D eigenvalue weighted by Gasteiger charge is -2.35. The lowest BCUT2D eigenvalue weighted by atomic mass is 10.2. The van der Waals surface area contributed by atoms with Gasteiger partial charge in [0.1, 0.15) is 11.5 Å². The highest BCUT2D eigenvalue weighted by molar-refractivity contribution is 5.82. The molecule has 0 bridgehead atoms. The van der Waals surface area contributed by atoms with Gasteiger partial charge in [0.05, 0.1) is 11.0 Å². The smallest absolute Gasteiger partial charge is 0.362 e. The van der Waals surface area contributed by atoms with Gasteiger partial charge < -0.3 is 9.80 Å². The summed E-state index contributed by atoms with van der Waals surface area (Å²) in [6.45, 7) is -0.442. The molecule has 10 heteroatoms. The number of nitrogens with zero attached hydrogens (tertiary/aromatic N) is 3. The van der Waals surface area contributed by atoms with E-state index in [0.717, 1.165) is 12.1 Å². The SMILES string of the molecule is O=C(N1CCN(c2ccc(F)cc2[N+](=O)[O-])CC1)C(F)(F)F. The van der Waals surface area contributed by atoms with E-state index in [1.54, 1.807) is 0 Å². The molecule has 6 nitrogen and oxygen atoms in total. The number of hydrogen-bond donors (Lipinski definition) is 0. The predicted molar refractivity (Wildman–Crippen MR) is 67.9 cm³/mol. The van der Waals surface area contributed by atoms with Crippen LogP contribution in [0.15, 0.2) is 18.2 Å². The van der Waals surface area contributed by atoms with Crippen molar-refractivity contribution in [2.75, 3.05) is 31.1 Å². The number of rotatable bonds is 2. The third-order valence-electron chi connectivity index (χ3n) is 3.28. The van der Waals surface area contributed by atoms with E-state index in [0.29, 0.717) is 4.90 Å². The maximum Gasteiger partial charge on any atom is 0.471 e. The van der Waals surface area contributed by atoms with Gasteiger partial charge in [-0.2, -0.15) is 13.2 Å². The second-order valence-corrected chi connectivity index (χ2v) is 4.67. The van der Waals surface area contributed by atoms with Crippen LogP contribution in [-0.2, 0) is 4.79 Å². The van der Waals surface area contributed by atoms with Gasteiger partial charge in [0.2, 0.25) is 0 Å². The molecule has 1 aliphatic rings. The van der Waals surface area contributed by atoms with Crippen LogP contribution in [0.1, 0.15) is 0 Å². The van der Waals surface area contributed by atoms with Crippen molar-refractivity contribution in [2.45, 2.75) is 6.18 Å². The fraction of sp³-hybridized carbons (Fsp3) is 0.417. The van der Waals surface area contributed by atoms with Crippen LogP contribution >= 0.6 is 0 Å². The molecule has 0 spiro atoms. The Morgan fingerprint density at radius 1 is 1.18 bits per heavy atom. The molecule has 0 N–H and O–H groups in total. The van der Waals surface area contributed by atoms with Crippen molar-refractivity contribution in [1.29, 1.82) is 0 Å². The molecular formula is C12H11F4N3O3. The zero-order valence-corrected chi connectivity index (χ0v) is 11.1. The van der Waals surface area contributed by atoms with Gasteiger partial charge in [-0.3, -0.25) is 14.9 Å². The summed E-state index contributed by atoms with van der Waals surface area (Å²) in [5.41, 5.74) is -0.346. The molecule has 0 radical (unpaired) electrons. The van der Waals surface area contributed by atoms with E-state index in [4.69, 9.17) is 0 Å². The largest absolute Gasteiger partial charge is 0.471 e. The van der Waals surface area contributed by atoms with Crippen molar-refractivity contribution in [3.63, 3.8) is 0 Å². The van der Waals surface area contributed by atoms with Gasteiger partial charge in [0.25, 0.3) is 5.69 Å². The Kier molecular flexibility index (Phi) is 4.20. The number of benzene rings is 1.